The molecule has 0 spiro atoms. The first-order valence-corrected chi connectivity index (χ1v) is 5.19. The van der Waals surface area contributed by atoms with Crippen LogP contribution in [-0.4, -0.2) is 21.4 Å². The Hall–Kier alpha value is -1.96. The van der Waals surface area contributed by atoms with Crippen LogP contribution in [0.25, 0.3) is 0 Å². The summed E-state index contributed by atoms with van der Waals surface area (Å²) < 4.78 is 0. The fraction of sp³-hybridized carbons (Fsp3) is 0.556. The number of nitrogens with two attached hydrogens (primary N) is 1. The molecule has 0 radical (unpaired) electrons. The number of anilines is 2. The summed E-state index contributed by atoms with van der Waals surface area (Å²) in [6.45, 7) is 6.12. The van der Waals surface area contributed by atoms with Crippen LogP contribution in [-0.2, 0) is 0 Å². The average molecular weight is 240 g/mol. The third-order valence-corrected chi connectivity index (χ3v) is 2.05. The summed E-state index contributed by atoms with van der Waals surface area (Å²) in [7, 11) is 0. The van der Waals surface area contributed by atoms with Crippen molar-refractivity contribution in [2.45, 2.75) is 20.8 Å². The molecule has 0 aromatic carbocycles. The highest BCUT2D eigenvalue weighted by Crippen LogP contribution is 2.26. The Bertz CT molecular complexity index is 420. The number of rotatable bonds is 5. The third kappa shape index (κ3) is 3.25. The summed E-state index contributed by atoms with van der Waals surface area (Å²) in [5, 5.41) is 13.8. The third-order valence-electron chi connectivity index (χ3n) is 2.05. The van der Waals surface area contributed by atoms with Gasteiger partial charge in [0, 0.05) is 6.54 Å². The first kappa shape index (κ1) is 13.1. The van der Waals surface area contributed by atoms with E-state index in [1.54, 1.807) is 6.92 Å². The lowest BCUT2D eigenvalue weighted by Gasteiger charge is -2.10. The number of hydrogen-bond donors (Lipinski definition) is 3. The number of nitrogen functional groups attached to an aromatic ring is 1. The maximum absolute atomic E-state index is 10.9. The topological polar surface area (TPSA) is 119 Å². The molecule has 17 heavy (non-hydrogen) atoms. The second kappa shape index (κ2) is 5.39. The second-order valence-electron chi connectivity index (χ2n) is 4.01. The molecule has 0 bridgehead atoms. The largest absolute Gasteiger partial charge is 0.364 e. The minimum Gasteiger partial charge on any atom is -0.364 e. The number of hydrogen-bond acceptors (Lipinski definition) is 7. The summed E-state index contributed by atoms with van der Waals surface area (Å²) in [4.78, 5) is 18.2. The van der Waals surface area contributed by atoms with Crippen molar-refractivity contribution in [3.8, 4) is 0 Å². The van der Waals surface area contributed by atoms with Crippen LogP contribution in [0.1, 0.15) is 19.5 Å². The van der Waals surface area contributed by atoms with Gasteiger partial charge in [0.1, 0.15) is 5.69 Å². The molecule has 1 aromatic rings. The average Bonchev–Trinajstić information content (AvgIpc) is 2.24. The maximum Gasteiger partial charge on any atom is 0.332 e. The highest BCUT2D eigenvalue weighted by Gasteiger charge is 2.21. The number of nitrogens with one attached hydrogen (secondary N) is 2. The van der Waals surface area contributed by atoms with Crippen molar-refractivity contribution in [3.05, 3.63) is 15.8 Å². The van der Waals surface area contributed by atoms with Gasteiger partial charge in [0.25, 0.3) is 0 Å². The van der Waals surface area contributed by atoms with Crippen LogP contribution >= 0.6 is 0 Å². The van der Waals surface area contributed by atoms with Gasteiger partial charge in [-0.1, -0.05) is 13.8 Å². The van der Waals surface area contributed by atoms with Gasteiger partial charge in [0.2, 0.25) is 11.8 Å². The molecule has 8 heteroatoms. The van der Waals surface area contributed by atoms with Gasteiger partial charge in [-0.15, -0.1) is 0 Å². The van der Waals surface area contributed by atoms with Gasteiger partial charge in [-0.2, -0.15) is 4.98 Å². The smallest absolute Gasteiger partial charge is 0.332 e. The van der Waals surface area contributed by atoms with Crippen LogP contribution < -0.4 is 16.6 Å². The van der Waals surface area contributed by atoms with Crippen LogP contribution in [0, 0.1) is 23.0 Å². The highest BCUT2D eigenvalue weighted by atomic mass is 16.6. The van der Waals surface area contributed by atoms with Crippen LogP contribution in [0.15, 0.2) is 0 Å². The first-order valence-electron chi connectivity index (χ1n) is 5.19. The van der Waals surface area contributed by atoms with Crippen molar-refractivity contribution in [2.24, 2.45) is 11.8 Å². The minimum atomic E-state index is -0.502. The predicted molar refractivity (Wildman–Crippen MR) is 64.6 cm³/mol. The molecule has 0 aliphatic rings. The van der Waals surface area contributed by atoms with Gasteiger partial charge in [0.15, 0.2) is 0 Å². The summed E-state index contributed by atoms with van der Waals surface area (Å²) in [6.07, 6.45) is 0. The zero-order valence-corrected chi connectivity index (χ0v) is 10.0. The lowest BCUT2D eigenvalue weighted by molar-refractivity contribution is -0.385. The van der Waals surface area contributed by atoms with Gasteiger partial charge in [-0.05, 0) is 12.8 Å². The molecule has 0 saturated heterocycles. The van der Waals surface area contributed by atoms with Crippen LogP contribution in [0.5, 0.6) is 0 Å². The number of hydrazine groups is 1. The van der Waals surface area contributed by atoms with Gasteiger partial charge in [-0.25, -0.2) is 10.8 Å². The molecular weight excluding hydrogens is 224 g/mol. The van der Waals surface area contributed by atoms with Gasteiger partial charge in [-0.3, -0.25) is 15.5 Å². The normalized spacial score (nSPS) is 10.4. The van der Waals surface area contributed by atoms with Crippen molar-refractivity contribution in [1.82, 2.24) is 9.97 Å². The van der Waals surface area contributed by atoms with Crippen LogP contribution in [0.3, 0.4) is 0 Å². The summed E-state index contributed by atoms with van der Waals surface area (Å²) >= 11 is 0. The molecule has 8 nitrogen and oxygen atoms in total. The van der Waals surface area contributed by atoms with E-state index < -0.39 is 4.92 Å². The van der Waals surface area contributed by atoms with Gasteiger partial charge >= 0.3 is 5.69 Å². The van der Waals surface area contributed by atoms with E-state index in [0.29, 0.717) is 12.5 Å². The number of aryl methyl sites for hydroxylation is 1. The molecular formula is C9H16N6O2. The molecule has 0 aliphatic carbocycles. The van der Waals surface area contributed by atoms with Crippen molar-refractivity contribution >= 4 is 17.5 Å². The highest BCUT2D eigenvalue weighted by molar-refractivity contribution is 5.60. The molecule has 0 unspecified atom stereocenters. The molecule has 0 amide bonds. The van der Waals surface area contributed by atoms with Gasteiger partial charge in [0.05, 0.1) is 4.92 Å². The molecule has 1 aromatic heterocycles. The minimum absolute atomic E-state index is 0.121. The number of nitrogens with zero attached hydrogens (tertiary/aromatic N) is 3. The second-order valence-corrected chi connectivity index (χ2v) is 4.01. The Balaban J connectivity index is 3.13. The van der Waals surface area contributed by atoms with Crippen molar-refractivity contribution < 1.29 is 4.92 Å². The first-order chi connectivity index (χ1) is 7.95. The Kier molecular flexibility index (Phi) is 4.16. The molecule has 4 N–H and O–H groups in total. The van der Waals surface area contributed by atoms with E-state index in [9.17, 15) is 10.1 Å². The van der Waals surface area contributed by atoms with Crippen LogP contribution in [0.2, 0.25) is 0 Å². The quantitative estimate of drug-likeness (QED) is 0.399. The monoisotopic (exact) mass is 240 g/mol. The van der Waals surface area contributed by atoms with E-state index in [-0.39, 0.29) is 23.1 Å². The fourth-order valence-corrected chi connectivity index (χ4v) is 1.27. The molecule has 0 saturated carbocycles. The van der Waals surface area contributed by atoms with E-state index >= 15 is 0 Å². The lowest BCUT2D eigenvalue weighted by Crippen LogP contribution is -2.16. The summed E-state index contributed by atoms with van der Waals surface area (Å²) in [5.74, 6) is 5.88. The predicted octanol–water partition coefficient (Wildman–Crippen LogP) is 1.05. The Morgan fingerprint density at radius 1 is 1.47 bits per heavy atom. The lowest BCUT2D eigenvalue weighted by atomic mass is 10.2. The molecule has 1 rings (SSSR count). The van der Waals surface area contributed by atoms with Crippen molar-refractivity contribution in [1.29, 1.82) is 0 Å². The van der Waals surface area contributed by atoms with E-state index in [2.05, 4.69) is 20.7 Å². The number of nitro groups is 1. The molecule has 0 atom stereocenters. The molecule has 0 aliphatic heterocycles. The Labute approximate surface area is 98.8 Å². The maximum atomic E-state index is 10.9. The summed E-state index contributed by atoms with van der Waals surface area (Å²) in [5.41, 5.74) is 2.42. The van der Waals surface area contributed by atoms with E-state index in [4.69, 9.17) is 5.84 Å². The van der Waals surface area contributed by atoms with E-state index in [1.165, 1.54) is 0 Å². The zero-order chi connectivity index (χ0) is 13.0. The van der Waals surface area contributed by atoms with Gasteiger partial charge < -0.3 is 5.32 Å². The molecule has 0 fully saturated rings. The Morgan fingerprint density at radius 2 is 2.12 bits per heavy atom. The van der Waals surface area contributed by atoms with Crippen LogP contribution in [0.4, 0.5) is 17.5 Å². The van der Waals surface area contributed by atoms with Crippen molar-refractivity contribution in [2.75, 3.05) is 17.3 Å². The SMILES string of the molecule is Cc1nc(NN)nc(NCC(C)C)c1[N+](=O)[O-]. The zero-order valence-electron chi connectivity index (χ0n) is 10.0. The van der Waals surface area contributed by atoms with E-state index in [1.807, 2.05) is 13.8 Å². The molecule has 94 valence electrons. The van der Waals surface area contributed by atoms with E-state index in [0.717, 1.165) is 0 Å². The fourth-order valence-electron chi connectivity index (χ4n) is 1.27. The van der Waals surface area contributed by atoms with Crippen molar-refractivity contribution in [3.63, 3.8) is 0 Å². The summed E-state index contributed by atoms with van der Waals surface area (Å²) in [6, 6.07) is 0. The standard InChI is InChI=1S/C9H16N6O2/c1-5(2)4-11-8-7(15(16)17)6(3)12-9(13-8)14-10/h5H,4,10H2,1-3H3,(H2,11,12,13,14). The molecule has 1 heterocycles. The number of aromatic nitrogens is 2. The Morgan fingerprint density at radius 3 is 2.59 bits per heavy atom.